The maximum absolute atomic E-state index is 14.0. The van der Waals surface area contributed by atoms with Crippen LogP contribution in [0.15, 0.2) is 18.2 Å². The Kier molecular flexibility index (Phi) is 4.16. The van der Waals surface area contributed by atoms with Gasteiger partial charge in [0.1, 0.15) is 5.82 Å². The summed E-state index contributed by atoms with van der Waals surface area (Å²) in [5.74, 6) is 0.227. The largest absolute Gasteiger partial charge is 0.368 e. The second kappa shape index (κ2) is 5.48. The monoisotopic (exact) mass is 269 g/mol. The molecule has 0 bridgehead atoms. The molecule has 0 radical (unpaired) electrons. The highest BCUT2D eigenvalue weighted by molar-refractivity contribution is 6.17. The summed E-state index contributed by atoms with van der Waals surface area (Å²) in [6, 6.07) is 5.19. The van der Waals surface area contributed by atoms with Crippen LogP contribution < -0.4 is 4.90 Å². The second-order valence-electron chi connectivity index (χ2n) is 5.26. The molecule has 0 saturated carbocycles. The molecule has 0 spiro atoms. The molecule has 0 unspecified atom stereocenters. The normalized spacial score (nSPS) is 18.3. The van der Waals surface area contributed by atoms with E-state index < -0.39 is 0 Å². The van der Waals surface area contributed by atoms with Gasteiger partial charge in [0.25, 0.3) is 0 Å². The Bertz CT molecular complexity index is 415. The van der Waals surface area contributed by atoms with E-state index in [2.05, 4.69) is 18.7 Å². The van der Waals surface area contributed by atoms with Crippen LogP contribution in [0.25, 0.3) is 0 Å². The average molecular weight is 270 g/mol. The van der Waals surface area contributed by atoms with Gasteiger partial charge >= 0.3 is 0 Å². The van der Waals surface area contributed by atoms with Gasteiger partial charge in [-0.1, -0.05) is 26.0 Å². The van der Waals surface area contributed by atoms with Crippen LogP contribution in [-0.2, 0) is 5.88 Å². The Hall–Kier alpha value is -0.760. The lowest BCUT2D eigenvalue weighted by molar-refractivity contribution is 0.301. The fourth-order valence-corrected chi connectivity index (χ4v) is 3.19. The van der Waals surface area contributed by atoms with Crippen LogP contribution in [0.4, 0.5) is 10.1 Å². The average Bonchev–Trinajstić information content (AvgIpc) is 2.83. The van der Waals surface area contributed by atoms with Crippen molar-refractivity contribution in [3.05, 3.63) is 29.6 Å². The fourth-order valence-electron chi connectivity index (χ4n) is 2.98. The van der Waals surface area contributed by atoms with Gasteiger partial charge in [0, 0.05) is 19.0 Å². The molecule has 2 rings (SSSR count). The molecule has 1 aromatic rings. The molecule has 1 aliphatic rings. The minimum absolute atomic E-state index is 0.142. The summed E-state index contributed by atoms with van der Waals surface area (Å²) in [6.07, 6.45) is 3.46. The van der Waals surface area contributed by atoms with Gasteiger partial charge in [0.05, 0.1) is 5.69 Å². The number of para-hydroxylation sites is 1. The summed E-state index contributed by atoms with van der Waals surface area (Å²) in [5.41, 5.74) is 1.97. The minimum Gasteiger partial charge on any atom is -0.368 e. The molecule has 1 saturated heterocycles. The summed E-state index contributed by atoms with van der Waals surface area (Å²) in [6.45, 7) is 6.35. The first-order chi connectivity index (χ1) is 8.65. The lowest BCUT2D eigenvalue weighted by atomic mass is 9.82. The molecule has 1 fully saturated rings. The maximum atomic E-state index is 14.0. The van der Waals surface area contributed by atoms with Gasteiger partial charge in [0.15, 0.2) is 0 Å². The molecule has 0 atom stereocenters. The molecule has 18 heavy (non-hydrogen) atoms. The van der Waals surface area contributed by atoms with Gasteiger partial charge in [-0.3, -0.25) is 0 Å². The lowest BCUT2D eigenvalue weighted by Crippen LogP contribution is -2.27. The van der Waals surface area contributed by atoms with Crippen LogP contribution in [0.5, 0.6) is 0 Å². The van der Waals surface area contributed by atoms with Crippen LogP contribution >= 0.6 is 11.6 Å². The van der Waals surface area contributed by atoms with Gasteiger partial charge in [0.2, 0.25) is 0 Å². The SMILES string of the molecule is CCC1(CC)CCN(c2c(F)cccc2CCl)C1. The van der Waals surface area contributed by atoms with E-state index >= 15 is 0 Å². The minimum atomic E-state index is -0.142. The maximum Gasteiger partial charge on any atom is 0.146 e. The van der Waals surface area contributed by atoms with Crippen LogP contribution in [-0.4, -0.2) is 13.1 Å². The topological polar surface area (TPSA) is 3.24 Å². The number of halogens is 2. The number of anilines is 1. The molecule has 0 amide bonds. The number of benzene rings is 1. The first-order valence-corrected chi connectivity index (χ1v) is 7.27. The van der Waals surface area contributed by atoms with Crippen molar-refractivity contribution in [1.29, 1.82) is 0 Å². The molecule has 0 aromatic heterocycles. The van der Waals surface area contributed by atoms with Crippen molar-refractivity contribution in [2.45, 2.75) is 39.0 Å². The number of alkyl halides is 1. The Morgan fingerprint density at radius 2 is 2.06 bits per heavy atom. The Morgan fingerprint density at radius 3 is 2.61 bits per heavy atom. The smallest absolute Gasteiger partial charge is 0.146 e. The predicted molar refractivity (Wildman–Crippen MR) is 75.8 cm³/mol. The molecule has 3 heteroatoms. The van der Waals surface area contributed by atoms with Gasteiger partial charge in [-0.15, -0.1) is 11.6 Å². The van der Waals surface area contributed by atoms with Crippen LogP contribution in [0.1, 0.15) is 38.7 Å². The number of hydrogen-bond donors (Lipinski definition) is 0. The standard InChI is InChI=1S/C15H21ClFN/c1-3-15(4-2)8-9-18(11-15)14-12(10-16)6-5-7-13(14)17/h5-7H,3-4,8-11H2,1-2H3. The van der Waals surface area contributed by atoms with Crippen molar-refractivity contribution in [2.24, 2.45) is 5.41 Å². The number of nitrogens with zero attached hydrogens (tertiary/aromatic N) is 1. The van der Waals surface area contributed by atoms with E-state index in [1.807, 2.05) is 6.07 Å². The van der Waals surface area contributed by atoms with Crippen molar-refractivity contribution in [1.82, 2.24) is 0 Å². The third kappa shape index (κ3) is 2.35. The van der Waals surface area contributed by atoms with Crippen LogP contribution in [0.2, 0.25) is 0 Å². The van der Waals surface area contributed by atoms with Gasteiger partial charge in [-0.05, 0) is 36.3 Å². The zero-order valence-electron chi connectivity index (χ0n) is 11.2. The summed E-state index contributed by atoms with van der Waals surface area (Å²) in [5, 5.41) is 0. The zero-order chi connectivity index (χ0) is 13.2. The predicted octanol–water partition coefficient (Wildman–Crippen LogP) is 4.58. The summed E-state index contributed by atoms with van der Waals surface area (Å²) < 4.78 is 14.0. The summed E-state index contributed by atoms with van der Waals surface area (Å²) in [4.78, 5) is 2.18. The van der Waals surface area contributed by atoms with E-state index in [0.29, 0.717) is 11.3 Å². The molecule has 1 nitrogen and oxygen atoms in total. The number of rotatable bonds is 4. The molecule has 100 valence electrons. The van der Waals surface area contributed by atoms with Crippen LogP contribution in [0.3, 0.4) is 0 Å². The van der Waals surface area contributed by atoms with Crippen LogP contribution in [0, 0.1) is 11.2 Å². The van der Waals surface area contributed by atoms with Gasteiger partial charge in [-0.25, -0.2) is 4.39 Å². The van der Waals surface area contributed by atoms with Crippen molar-refractivity contribution in [3.8, 4) is 0 Å². The van der Waals surface area contributed by atoms with E-state index in [9.17, 15) is 4.39 Å². The molecule has 1 heterocycles. The Morgan fingerprint density at radius 1 is 1.33 bits per heavy atom. The molecule has 1 aliphatic heterocycles. The van der Waals surface area contributed by atoms with E-state index in [1.54, 1.807) is 6.07 Å². The first-order valence-electron chi connectivity index (χ1n) is 6.74. The molecule has 1 aromatic carbocycles. The fraction of sp³-hybridized carbons (Fsp3) is 0.600. The Balaban J connectivity index is 2.29. The summed E-state index contributed by atoms with van der Waals surface area (Å²) >= 11 is 5.93. The molecular formula is C15H21ClFN. The van der Waals surface area contributed by atoms with Gasteiger partial charge < -0.3 is 4.90 Å². The third-order valence-corrected chi connectivity index (χ3v) is 4.76. The molecule has 0 aliphatic carbocycles. The quantitative estimate of drug-likeness (QED) is 0.723. The Labute approximate surface area is 114 Å². The highest BCUT2D eigenvalue weighted by atomic mass is 35.5. The summed E-state index contributed by atoms with van der Waals surface area (Å²) in [7, 11) is 0. The van der Waals surface area contributed by atoms with Crippen molar-refractivity contribution in [2.75, 3.05) is 18.0 Å². The second-order valence-corrected chi connectivity index (χ2v) is 5.53. The van der Waals surface area contributed by atoms with E-state index in [1.165, 1.54) is 6.07 Å². The number of hydrogen-bond acceptors (Lipinski definition) is 1. The zero-order valence-corrected chi connectivity index (χ0v) is 11.9. The van der Waals surface area contributed by atoms with Gasteiger partial charge in [-0.2, -0.15) is 0 Å². The first kappa shape index (κ1) is 13.7. The van der Waals surface area contributed by atoms with E-state index in [4.69, 9.17) is 11.6 Å². The van der Waals surface area contributed by atoms with E-state index in [-0.39, 0.29) is 5.82 Å². The lowest BCUT2D eigenvalue weighted by Gasteiger charge is -2.28. The third-order valence-electron chi connectivity index (χ3n) is 4.47. The molecular weight excluding hydrogens is 249 g/mol. The van der Waals surface area contributed by atoms with Crippen molar-refractivity contribution >= 4 is 17.3 Å². The highest BCUT2D eigenvalue weighted by Crippen LogP contribution is 2.40. The highest BCUT2D eigenvalue weighted by Gasteiger charge is 2.36. The van der Waals surface area contributed by atoms with Crippen molar-refractivity contribution in [3.63, 3.8) is 0 Å². The molecule has 0 N–H and O–H groups in total. The van der Waals surface area contributed by atoms with E-state index in [0.717, 1.165) is 43.6 Å². The van der Waals surface area contributed by atoms with Crippen molar-refractivity contribution < 1.29 is 4.39 Å².